The second-order valence-corrected chi connectivity index (χ2v) is 7.05. The number of esters is 1. The number of rotatable bonds is 5. The van der Waals surface area contributed by atoms with Crippen LogP contribution in [0.1, 0.15) is 38.2 Å². The Balaban J connectivity index is 1.78. The first-order valence-electron chi connectivity index (χ1n) is 9.24. The standard InChI is InChI=1S/C22H24FNO3/c1-16(20(25)24(2)17-10-4-3-5-11-17)27-21(26)22(14-8-9-15-22)18-12-6-7-13-19(18)23/h3-7,10-13,16H,8-9,14-15H2,1-2H3/t16-/m0/s1. The van der Waals surface area contributed by atoms with E-state index in [4.69, 9.17) is 4.74 Å². The summed E-state index contributed by atoms with van der Waals surface area (Å²) in [5, 5.41) is 0. The van der Waals surface area contributed by atoms with Crippen LogP contribution in [0.25, 0.3) is 0 Å². The number of hydrogen-bond acceptors (Lipinski definition) is 3. The highest BCUT2D eigenvalue weighted by Crippen LogP contribution is 2.43. The van der Waals surface area contributed by atoms with Crippen LogP contribution < -0.4 is 4.90 Å². The van der Waals surface area contributed by atoms with Crippen molar-refractivity contribution in [1.82, 2.24) is 0 Å². The van der Waals surface area contributed by atoms with Gasteiger partial charge in [-0.3, -0.25) is 9.59 Å². The van der Waals surface area contributed by atoms with Gasteiger partial charge in [0.05, 0.1) is 5.41 Å². The van der Waals surface area contributed by atoms with Crippen molar-refractivity contribution in [3.8, 4) is 0 Å². The molecule has 1 atom stereocenters. The Bertz CT molecular complexity index is 815. The highest BCUT2D eigenvalue weighted by molar-refractivity contribution is 5.97. The van der Waals surface area contributed by atoms with Crippen molar-refractivity contribution in [1.29, 1.82) is 0 Å². The van der Waals surface area contributed by atoms with Gasteiger partial charge in [-0.1, -0.05) is 49.2 Å². The zero-order valence-electron chi connectivity index (χ0n) is 15.7. The molecule has 4 nitrogen and oxygen atoms in total. The van der Waals surface area contributed by atoms with Crippen molar-refractivity contribution < 1.29 is 18.7 Å². The molecule has 3 rings (SSSR count). The lowest BCUT2D eigenvalue weighted by atomic mass is 9.78. The van der Waals surface area contributed by atoms with Crippen molar-refractivity contribution in [3.05, 3.63) is 66.0 Å². The number of anilines is 1. The van der Waals surface area contributed by atoms with Crippen LogP contribution in [0.15, 0.2) is 54.6 Å². The number of amides is 1. The Morgan fingerprint density at radius 3 is 2.26 bits per heavy atom. The molecule has 0 bridgehead atoms. The van der Waals surface area contributed by atoms with E-state index in [-0.39, 0.29) is 5.91 Å². The average Bonchev–Trinajstić information content (AvgIpc) is 3.18. The van der Waals surface area contributed by atoms with E-state index in [1.165, 1.54) is 11.0 Å². The molecular formula is C22H24FNO3. The molecule has 142 valence electrons. The van der Waals surface area contributed by atoms with Crippen LogP contribution in [0, 0.1) is 5.82 Å². The Morgan fingerprint density at radius 1 is 1.04 bits per heavy atom. The summed E-state index contributed by atoms with van der Waals surface area (Å²) >= 11 is 0. The van der Waals surface area contributed by atoms with Crippen LogP contribution in [0.5, 0.6) is 0 Å². The summed E-state index contributed by atoms with van der Waals surface area (Å²) in [6.07, 6.45) is 1.77. The number of benzene rings is 2. The SMILES string of the molecule is C[C@H](OC(=O)C1(c2ccccc2F)CCCC1)C(=O)N(C)c1ccccc1. The average molecular weight is 369 g/mol. The first kappa shape index (κ1) is 19.1. The number of likely N-dealkylation sites (N-methyl/N-ethyl adjacent to an activating group) is 1. The lowest BCUT2D eigenvalue weighted by Gasteiger charge is -2.30. The molecule has 0 aromatic heterocycles. The van der Waals surface area contributed by atoms with Crippen LogP contribution in [0.2, 0.25) is 0 Å². The number of carbonyl (C=O) groups excluding carboxylic acids is 2. The Morgan fingerprint density at radius 2 is 1.63 bits per heavy atom. The lowest BCUT2D eigenvalue weighted by Crippen LogP contribution is -2.42. The normalized spacial score (nSPS) is 16.6. The van der Waals surface area contributed by atoms with E-state index >= 15 is 0 Å². The minimum Gasteiger partial charge on any atom is -0.452 e. The van der Waals surface area contributed by atoms with E-state index in [2.05, 4.69) is 0 Å². The fourth-order valence-electron chi connectivity index (χ4n) is 3.79. The Hall–Kier alpha value is -2.69. The van der Waals surface area contributed by atoms with Gasteiger partial charge in [0.15, 0.2) is 6.10 Å². The van der Waals surface area contributed by atoms with E-state index in [0.29, 0.717) is 18.4 Å². The predicted octanol–water partition coefficient (Wildman–Crippen LogP) is 4.23. The molecule has 1 aliphatic rings. The monoisotopic (exact) mass is 369 g/mol. The van der Waals surface area contributed by atoms with Gasteiger partial charge >= 0.3 is 5.97 Å². The molecule has 2 aromatic carbocycles. The summed E-state index contributed by atoms with van der Waals surface area (Å²) in [6, 6.07) is 15.5. The van der Waals surface area contributed by atoms with Gasteiger partial charge in [-0.2, -0.15) is 0 Å². The molecule has 1 saturated carbocycles. The molecular weight excluding hydrogens is 345 g/mol. The maximum absolute atomic E-state index is 14.4. The third-order valence-electron chi connectivity index (χ3n) is 5.34. The van der Waals surface area contributed by atoms with Crippen molar-refractivity contribution in [2.75, 3.05) is 11.9 Å². The molecule has 0 heterocycles. The van der Waals surface area contributed by atoms with E-state index < -0.39 is 23.3 Å². The van der Waals surface area contributed by atoms with E-state index in [1.54, 1.807) is 32.2 Å². The molecule has 0 unspecified atom stereocenters. The lowest BCUT2D eigenvalue weighted by molar-refractivity contribution is -0.159. The summed E-state index contributed by atoms with van der Waals surface area (Å²) in [7, 11) is 1.64. The summed E-state index contributed by atoms with van der Waals surface area (Å²) in [4.78, 5) is 27.2. The zero-order valence-corrected chi connectivity index (χ0v) is 15.7. The van der Waals surface area contributed by atoms with Crippen LogP contribution in [-0.4, -0.2) is 25.0 Å². The van der Waals surface area contributed by atoms with Gasteiger partial charge in [-0.25, -0.2) is 4.39 Å². The Kier molecular flexibility index (Phi) is 5.59. The van der Waals surface area contributed by atoms with Crippen LogP contribution >= 0.6 is 0 Å². The maximum atomic E-state index is 14.4. The number of nitrogens with zero attached hydrogens (tertiary/aromatic N) is 1. The van der Waals surface area contributed by atoms with Gasteiger partial charge in [0.1, 0.15) is 5.82 Å². The van der Waals surface area contributed by atoms with Crippen molar-refractivity contribution >= 4 is 17.6 Å². The highest BCUT2D eigenvalue weighted by Gasteiger charge is 2.46. The molecule has 1 amide bonds. The van der Waals surface area contributed by atoms with E-state index in [0.717, 1.165) is 18.5 Å². The number of carbonyl (C=O) groups is 2. The smallest absolute Gasteiger partial charge is 0.317 e. The second kappa shape index (κ2) is 7.91. The fraction of sp³-hybridized carbons (Fsp3) is 0.364. The summed E-state index contributed by atoms with van der Waals surface area (Å²) < 4.78 is 20.0. The fourth-order valence-corrected chi connectivity index (χ4v) is 3.79. The van der Waals surface area contributed by atoms with Crippen LogP contribution in [-0.2, 0) is 19.7 Å². The first-order valence-corrected chi connectivity index (χ1v) is 9.24. The highest BCUT2D eigenvalue weighted by atomic mass is 19.1. The number of ether oxygens (including phenoxy) is 1. The largest absolute Gasteiger partial charge is 0.452 e. The molecule has 0 spiro atoms. The van der Waals surface area contributed by atoms with Gasteiger partial charge < -0.3 is 9.64 Å². The van der Waals surface area contributed by atoms with E-state index in [1.807, 2.05) is 30.3 Å². The minimum absolute atomic E-state index is 0.323. The van der Waals surface area contributed by atoms with E-state index in [9.17, 15) is 14.0 Å². The van der Waals surface area contributed by atoms with Crippen molar-refractivity contribution in [2.45, 2.75) is 44.1 Å². The topological polar surface area (TPSA) is 46.6 Å². The Labute approximate surface area is 158 Å². The van der Waals surface area contributed by atoms with Gasteiger partial charge in [0.25, 0.3) is 5.91 Å². The van der Waals surface area contributed by atoms with Crippen LogP contribution in [0.4, 0.5) is 10.1 Å². The molecule has 0 aliphatic heterocycles. The summed E-state index contributed by atoms with van der Waals surface area (Å²) in [5.74, 6) is -1.25. The van der Waals surface area contributed by atoms with Gasteiger partial charge in [0.2, 0.25) is 0 Å². The molecule has 1 fully saturated rings. The molecule has 0 radical (unpaired) electrons. The predicted molar refractivity (Wildman–Crippen MR) is 102 cm³/mol. The summed E-state index contributed by atoms with van der Waals surface area (Å²) in [5.41, 5.74) is 0.0734. The molecule has 1 aliphatic carbocycles. The first-order chi connectivity index (χ1) is 13.0. The quantitative estimate of drug-likeness (QED) is 0.741. The molecule has 5 heteroatoms. The van der Waals surface area contributed by atoms with Gasteiger partial charge in [0, 0.05) is 18.3 Å². The number of para-hydroxylation sites is 1. The van der Waals surface area contributed by atoms with Gasteiger partial charge in [-0.05, 0) is 38.0 Å². The zero-order chi connectivity index (χ0) is 19.4. The molecule has 2 aromatic rings. The maximum Gasteiger partial charge on any atom is 0.317 e. The number of halogens is 1. The van der Waals surface area contributed by atoms with Crippen molar-refractivity contribution in [2.24, 2.45) is 0 Å². The third-order valence-corrected chi connectivity index (χ3v) is 5.34. The van der Waals surface area contributed by atoms with Crippen molar-refractivity contribution in [3.63, 3.8) is 0 Å². The van der Waals surface area contributed by atoms with Gasteiger partial charge in [-0.15, -0.1) is 0 Å². The minimum atomic E-state index is -1.01. The molecule has 0 saturated heterocycles. The summed E-state index contributed by atoms with van der Waals surface area (Å²) in [6.45, 7) is 1.56. The van der Waals surface area contributed by atoms with Crippen LogP contribution in [0.3, 0.4) is 0 Å². The molecule has 27 heavy (non-hydrogen) atoms. The third kappa shape index (κ3) is 3.72. The molecule has 0 N–H and O–H groups in total. The second-order valence-electron chi connectivity index (χ2n) is 7.05. The number of hydrogen-bond donors (Lipinski definition) is 0.